The van der Waals surface area contributed by atoms with Gasteiger partial charge in [0.05, 0.1) is 17.4 Å². The largest absolute Gasteiger partial charge is 0.488 e. The zero-order valence-electron chi connectivity index (χ0n) is 10.5. The molecule has 2 rings (SSSR count). The average Bonchev–Trinajstić information content (AvgIpc) is 2.99. The SMILES string of the molecule is CC(C)(C)c1ncc(C(N)=O)cc1OC1CC1. The third kappa shape index (κ3) is 2.75. The van der Waals surface area contributed by atoms with Gasteiger partial charge in [0.2, 0.25) is 5.91 Å². The molecule has 1 saturated carbocycles. The normalized spacial score (nSPS) is 15.7. The maximum Gasteiger partial charge on any atom is 0.250 e. The molecule has 1 aliphatic rings. The molecule has 0 spiro atoms. The quantitative estimate of drug-likeness (QED) is 0.870. The van der Waals surface area contributed by atoms with Gasteiger partial charge in [0, 0.05) is 11.6 Å². The minimum atomic E-state index is -0.474. The minimum Gasteiger partial charge on any atom is -0.488 e. The number of carbonyl (C=O) groups excluding carboxylic acids is 1. The van der Waals surface area contributed by atoms with E-state index in [1.807, 2.05) is 0 Å². The van der Waals surface area contributed by atoms with Crippen LogP contribution in [0.1, 0.15) is 49.7 Å². The smallest absolute Gasteiger partial charge is 0.250 e. The number of nitrogens with two attached hydrogens (primary N) is 1. The van der Waals surface area contributed by atoms with Crippen LogP contribution in [0.15, 0.2) is 12.3 Å². The van der Waals surface area contributed by atoms with Crippen molar-refractivity contribution >= 4 is 5.91 Å². The Morgan fingerprint density at radius 1 is 1.47 bits per heavy atom. The summed E-state index contributed by atoms with van der Waals surface area (Å²) in [6.45, 7) is 6.21. The monoisotopic (exact) mass is 234 g/mol. The summed E-state index contributed by atoms with van der Waals surface area (Å²) < 4.78 is 5.80. The van der Waals surface area contributed by atoms with Gasteiger partial charge in [-0.05, 0) is 18.9 Å². The predicted octanol–water partition coefficient (Wildman–Crippen LogP) is 2.02. The van der Waals surface area contributed by atoms with Crippen LogP contribution >= 0.6 is 0 Å². The summed E-state index contributed by atoms with van der Waals surface area (Å²) in [6, 6.07) is 1.70. The van der Waals surface area contributed by atoms with Gasteiger partial charge in [0.15, 0.2) is 0 Å². The van der Waals surface area contributed by atoms with Crippen LogP contribution in [0.5, 0.6) is 5.75 Å². The summed E-state index contributed by atoms with van der Waals surface area (Å²) in [4.78, 5) is 15.5. The number of hydrogen-bond acceptors (Lipinski definition) is 3. The molecule has 1 amide bonds. The fourth-order valence-corrected chi connectivity index (χ4v) is 1.60. The highest BCUT2D eigenvalue weighted by Gasteiger charge is 2.28. The number of rotatable bonds is 3. The number of pyridine rings is 1. The summed E-state index contributed by atoms with van der Waals surface area (Å²) in [5.74, 6) is 0.218. The lowest BCUT2D eigenvalue weighted by Gasteiger charge is -2.21. The Balaban J connectivity index is 2.39. The molecule has 1 heterocycles. The summed E-state index contributed by atoms with van der Waals surface area (Å²) in [7, 11) is 0. The van der Waals surface area contributed by atoms with E-state index in [1.54, 1.807) is 6.07 Å². The van der Waals surface area contributed by atoms with E-state index >= 15 is 0 Å². The maximum atomic E-state index is 11.1. The molecule has 0 saturated heterocycles. The van der Waals surface area contributed by atoms with Gasteiger partial charge in [-0.25, -0.2) is 0 Å². The van der Waals surface area contributed by atoms with Crippen LogP contribution < -0.4 is 10.5 Å². The fraction of sp³-hybridized carbons (Fsp3) is 0.538. The van der Waals surface area contributed by atoms with E-state index in [9.17, 15) is 4.79 Å². The van der Waals surface area contributed by atoms with E-state index in [1.165, 1.54) is 6.20 Å². The van der Waals surface area contributed by atoms with Crippen molar-refractivity contribution in [2.45, 2.75) is 45.1 Å². The number of carbonyl (C=O) groups is 1. The van der Waals surface area contributed by atoms with Crippen LogP contribution in [-0.2, 0) is 5.41 Å². The molecule has 0 unspecified atom stereocenters. The summed E-state index contributed by atoms with van der Waals surface area (Å²) >= 11 is 0. The van der Waals surface area contributed by atoms with Gasteiger partial charge in [-0.2, -0.15) is 0 Å². The molecule has 2 N–H and O–H groups in total. The minimum absolute atomic E-state index is 0.111. The molecule has 0 radical (unpaired) electrons. The summed E-state index contributed by atoms with van der Waals surface area (Å²) in [6.07, 6.45) is 3.94. The van der Waals surface area contributed by atoms with Crippen molar-refractivity contribution in [2.24, 2.45) is 5.73 Å². The molecule has 0 aromatic carbocycles. The van der Waals surface area contributed by atoms with Crippen molar-refractivity contribution in [3.05, 3.63) is 23.5 Å². The van der Waals surface area contributed by atoms with E-state index in [0.717, 1.165) is 18.5 Å². The topological polar surface area (TPSA) is 65.2 Å². The number of nitrogens with zero attached hydrogens (tertiary/aromatic N) is 1. The van der Waals surface area contributed by atoms with Gasteiger partial charge in [0.1, 0.15) is 5.75 Å². The molecule has 17 heavy (non-hydrogen) atoms. The van der Waals surface area contributed by atoms with Gasteiger partial charge in [-0.3, -0.25) is 9.78 Å². The lowest BCUT2D eigenvalue weighted by Crippen LogP contribution is -2.19. The molecule has 0 aliphatic heterocycles. The average molecular weight is 234 g/mol. The van der Waals surface area contributed by atoms with Gasteiger partial charge in [-0.15, -0.1) is 0 Å². The third-order valence-corrected chi connectivity index (χ3v) is 2.67. The molecular formula is C13H18N2O2. The van der Waals surface area contributed by atoms with E-state index in [2.05, 4.69) is 25.8 Å². The first-order chi connectivity index (χ1) is 7.88. The molecule has 1 aliphatic carbocycles. The highest BCUT2D eigenvalue weighted by atomic mass is 16.5. The number of ether oxygens (including phenoxy) is 1. The molecule has 4 nitrogen and oxygen atoms in total. The Morgan fingerprint density at radius 3 is 2.59 bits per heavy atom. The second kappa shape index (κ2) is 4.02. The van der Waals surface area contributed by atoms with E-state index in [-0.39, 0.29) is 11.5 Å². The lowest BCUT2D eigenvalue weighted by atomic mass is 9.90. The maximum absolute atomic E-state index is 11.1. The van der Waals surface area contributed by atoms with Crippen molar-refractivity contribution in [3.8, 4) is 5.75 Å². The summed E-state index contributed by atoms with van der Waals surface area (Å²) in [5.41, 5.74) is 6.41. The van der Waals surface area contributed by atoms with Crippen molar-refractivity contribution in [1.29, 1.82) is 0 Å². The molecule has 92 valence electrons. The van der Waals surface area contributed by atoms with Gasteiger partial charge in [-0.1, -0.05) is 20.8 Å². The highest BCUT2D eigenvalue weighted by Crippen LogP contribution is 2.34. The molecule has 4 heteroatoms. The number of primary amides is 1. The first-order valence-corrected chi connectivity index (χ1v) is 5.85. The zero-order valence-corrected chi connectivity index (χ0v) is 10.5. The van der Waals surface area contributed by atoms with Gasteiger partial charge < -0.3 is 10.5 Å². The molecule has 1 fully saturated rings. The second-order valence-corrected chi connectivity index (χ2v) is 5.50. The Hall–Kier alpha value is -1.58. The Kier molecular flexibility index (Phi) is 2.81. The first-order valence-electron chi connectivity index (χ1n) is 5.85. The first kappa shape index (κ1) is 11.9. The van der Waals surface area contributed by atoms with Crippen LogP contribution in [0.4, 0.5) is 0 Å². The Morgan fingerprint density at radius 2 is 2.12 bits per heavy atom. The van der Waals surface area contributed by atoms with Crippen molar-refractivity contribution in [2.75, 3.05) is 0 Å². The van der Waals surface area contributed by atoms with Crippen molar-refractivity contribution in [1.82, 2.24) is 4.98 Å². The zero-order chi connectivity index (χ0) is 12.6. The molecular weight excluding hydrogens is 216 g/mol. The fourth-order valence-electron chi connectivity index (χ4n) is 1.60. The highest BCUT2D eigenvalue weighted by molar-refractivity contribution is 5.92. The van der Waals surface area contributed by atoms with Gasteiger partial charge in [0.25, 0.3) is 0 Å². The Labute approximate surface area is 101 Å². The van der Waals surface area contributed by atoms with Crippen molar-refractivity contribution in [3.63, 3.8) is 0 Å². The number of aromatic nitrogens is 1. The summed E-state index contributed by atoms with van der Waals surface area (Å²) in [5, 5.41) is 0. The number of amides is 1. The van der Waals surface area contributed by atoms with Gasteiger partial charge >= 0.3 is 0 Å². The lowest BCUT2D eigenvalue weighted by molar-refractivity contribution is 0.0999. The standard InChI is InChI=1S/C13H18N2O2/c1-13(2,3)11-10(17-9-4-5-9)6-8(7-15-11)12(14)16/h6-7,9H,4-5H2,1-3H3,(H2,14,16). The molecule has 1 aromatic heterocycles. The van der Waals surface area contributed by atoms with Crippen LogP contribution in [0.25, 0.3) is 0 Å². The van der Waals surface area contributed by atoms with E-state index in [0.29, 0.717) is 11.3 Å². The van der Waals surface area contributed by atoms with Crippen molar-refractivity contribution < 1.29 is 9.53 Å². The third-order valence-electron chi connectivity index (χ3n) is 2.67. The molecule has 0 bridgehead atoms. The second-order valence-electron chi connectivity index (χ2n) is 5.50. The molecule has 0 atom stereocenters. The van der Waals surface area contributed by atoms with Crippen LogP contribution in [-0.4, -0.2) is 17.0 Å². The van der Waals surface area contributed by atoms with Crippen LogP contribution in [0.2, 0.25) is 0 Å². The predicted molar refractivity (Wildman–Crippen MR) is 65.1 cm³/mol. The Bertz CT molecular complexity index is 445. The van der Waals surface area contributed by atoms with Crippen LogP contribution in [0, 0.1) is 0 Å². The number of hydrogen-bond donors (Lipinski definition) is 1. The van der Waals surface area contributed by atoms with E-state index in [4.69, 9.17) is 10.5 Å². The molecule has 1 aromatic rings. The van der Waals surface area contributed by atoms with Crippen LogP contribution in [0.3, 0.4) is 0 Å². The van der Waals surface area contributed by atoms with E-state index < -0.39 is 5.91 Å².